The zero-order chi connectivity index (χ0) is 16.9. The van der Waals surface area contributed by atoms with Crippen molar-refractivity contribution in [1.82, 2.24) is 10.6 Å². The van der Waals surface area contributed by atoms with Crippen molar-refractivity contribution in [2.45, 2.75) is 25.8 Å². The van der Waals surface area contributed by atoms with Gasteiger partial charge in [-0.1, -0.05) is 48.0 Å². The summed E-state index contributed by atoms with van der Waals surface area (Å²) >= 11 is 0. The van der Waals surface area contributed by atoms with Crippen LogP contribution in [0.2, 0.25) is 0 Å². The lowest BCUT2D eigenvalue weighted by Gasteiger charge is -2.13. The van der Waals surface area contributed by atoms with Crippen molar-refractivity contribution in [1.29, 1.82) is 0 Å². The van der Waals surface area contributed by atoms with Crippen LogP contribution in [-0.4, -0.2) is 30.8 Å². The number of carbonyl (C=O) groups excluding carboxylic acids is 2. The molecule has 0 aliphatic carbocycles. The first kappa shape index (κ1) is 19.2. The van der Waals surface area contributed by atoms with Gasteiger partial charge in [0.1, 0.15) is 0 Å². The minimum absolute atomic E-state index is 0. The third-order valence-electron chi connectivity index (χ3n) is 4.40. The molecule has 4 nitrogen and oxygen atoms in total. The molecule has 25 heavy (non-hydrogen) atoms. The molecule has 5 heteroatoms. The number of aryl methyl sites for hydroxylation is 1. The highest BCUT2D eigenvalue weighted by molar-refractivity contribution is 6.15. The standard InChI is InChI=1S/C20H22N2O2.ClH/c1-14-8-10-15(11-9-14)19(23)17-6-2-3-7-18(17)20(24)22-13-16-5-4-12-21-16;/h2-3,6-11,16,21H,4-5,12-13H2,1H3,(H,22,24);1H. The Morgan fingerprint density at radius 2 is 1.76 bits per heavy atom. The van der Waals surface area contributed by atoms with Crippen LogP contribution in [0.1, 0.15) is 44.7 Å². The second-order valence-electron chi connectivity index (χ2n) is 6.24. The van der Waals surface area contributed by atoms with Gasteiger partial charge in [0, 0.05) is 23.7 Å². The maximum atomic E-state index is 12.8. The minimum atomic E-state index is -0.195. The van der Waals surface area contributed by atoms with Crippen LogP contribution in [0.25, 0.3) is 0 Å². The minimum Gasteiger partial charge on any atom is -0.350 e. The molecule has 132 valence electrons. The quantitative estimate of drug-likeness (QED) is 0.807. The topological polar surface area (TPSA) is 58.2 Å². The SMILES string of the molecule is Cc1ccc(C(=O)c2ccccc2C(=O)NCC2CCCN2)cc1.Cl. The van der Waals surface area contributed by atoms with Crippen molar-refractivity contribution in [3.63, 3.8) is 0 Å². The molecule has 2 aromatic carbocycles. The third kappa shape index (κ3) is 4.68. The molecule has 0 saturated carbocycles. The molecule has 2 N–H and O–H groups in total. The molecule has 1 unspecified atom stereocenters. The predicted molar refractivity (Wildman–Crippen MR) is 102 cm³/mol. The van der Waals surface area contributed by atoms with E-state index in [1.54, 1.807) is 36.4 Å². The van der Waals surface area contributed by atoms with Crippen LogP contribution in [0.5, 0.6) is 0 Å². The first-order valence-electron chi connectivity index (χ1n) is 8.37. The molecule has 2 aromatic rings. The number of rotatable bonds is 5. The fraction of sp³-hybridized carbons (Fsp3) is 0.300. The second-order valence-corrected chi connectivity index (χ2v) is 6.24. The van der Waals surface area contributed by atoms with E-state index in [1.165, 1.54) is 0 Å². The lowest BCUT2D eigenvalue weighted by atomic mass is 9.97. The average Bonchev–Trinajstić information content (AvgIpc) is 3.13. The van der Waals surface area contributed by atoms with Gasteiger partial charge in [-0.15, -0.1) is 12.4 Å². The summed E-state index contributed by atoms with van der Waals surface area (Å²) in [6.07, 6.45) is 2.22. The van der Waals surface area contributed by atoms with E-state index in [0.717, 1.165) is 24.9 Å². The summed E-state index contributed by atoms with van der Waals surface area (Å²) < 4.78 is 0. The van der Waals surface area contributed by atoms with E-state index in [1.807, 2.05) is 19.1 Å². The van der Waals surface area contributed by atoms with Crippen LogP contribution in [0.15, 0.2) is 48.5 Å². The number of hydrogen-bond acceptors (Lipinski definition) is 3. The van der Waals surface area contributed by atoms with Crippen molar-refractivity contribution in [3.05, 3.63) is 70.8 Å². The number of nitrogens with one attached hydrogen (secondary N) is 2. The number of amides is 1. The second kappa shape index (κ2) is 8.79. The average molecular weight is 359 g/mol. The maximum absolute atomic E-state index is 12.8. The first-order chi connectivity index (χ1) is 11.6. The van der Waals surface area contributed by atoms with Gasteiger partial charge < -0.3 is 10.6 Å². The lowest BCUT2D eigenvalue weighted by Crippen LogP contribution is -2.37. The highest BCUT2D eigenvalue weighted by Gasteiger charge is 2.20. The van der Waals surface area contributed by atoms with Crippen molar-refractivity contribution in [3.8, 4) is 0 Å². The molecule has 0 aromatic heterocycles. The summed E-state index contributed by atoms with van der Waals surface area (Å²) in [5, 5.41) is 6.29. The molecule has 1 aliphatic heterocycles. The number of halogens is 1. The Hall–Kier alpha value is -2.17. The molecule has 3 rings (SSSR count). The van der Waals surface area contributed by atoms with Crippen LogP contribution >= 0.6 is 12.4 Å². The van der Waals surface area contributed by atoms with Gasteiger partial charge in [-0.3, -0.25) is 9.59 Å². The normalized spacial score (nSPS) is 16.1. The van der Waals surface area contributed by atoms with Crippen LogP contribution in [-0.2, 0) is 0 Å². The van der Waals surface area contributed by atoms with Gasteiger partial charge >= 0.3 is 0 Å². The van der Waals surface area contributed by atoms with Crippen molar-refractivity contribution < 1.29 is 9.59 Å². The molecule has 1 amide bonds. The van der Waals surface area contributed by atoms with Gasteiger partial charge in [0.25, 0.3) is 5.91 Å². The zero-order valence-electron chi connectivity index (χ0n) is 14.2. The van der Waals surface area contributed by atoms with Gasteiger partial charge in [0.2, 0.25) is 0 Å². The molecular weight excluding hydrogens is 336 g/mol. The smallest absolute Gasteiger partial charge is 0.252 e. The molecule has 0 spiro atoms. The summed E-state index contributed by atoms with van der Waals surface area (Å²) in [6, 6.07) is 14.7. The Bertz CT molecular complexity index is 738. The monoisotopic (exact) mass is 358 g/mol. The largest absolute Gasteiger partial charge is 0.350 e. The fourth-order valence-corrected chi connectivity index (χ4v) is 2.98. The lowest BCUT2D eigenvalue weighted by molar-refractivity contribution is 0.0939. The first-order valence-corrected chi connectivity index (χ1v) is 8.37. The predicted octanol–water partition coefficient (Wildman–Crippen LogP) is 3.13. The highest BCUT2D eigenvalue weighted by Crippen LogP contribution is 2.16. The van der Waals surface area contributed by atoms with Gasteiger partial charge in [-0.05, 0) is 32.4 Å². The maximum Gasteiger partial charge on any atom is 0.252 e. The molecule has 0 radical (unpaired) electrons. The van der Waals surface area contributed by atoms with E-state index >= 15 is 0 Å². The zero-order valence-corrected chi connectivity index (χ0v) is 15.1. The molecule has 1 saturated heterocycles. The van der Waals surface area contributed by atoms with Crippen LogP contribution in [0.3, 0.4) is 0 Å². The van der Waals surface area contributed by atoms with E-state index in [2.05, 4.69) is 10.6 Å². The van der Waals surface area contributed by atoms with Crippen molar-refractivity contribution in [2.24, 2.45) is 0 Å². The summed E-state index contributed by atoms with van der Waals surface area (Å²) in [7, 11) is 0. The van der Waals surface area contributed by atoms with Crippen LogP contribution < -0.4 is 10.6 Å². The molecule has 1 fully saturated rings. The van der Waals surface area contributed by atoms with Gasteiger partial charge in [0.15, 0.2) is 5.78 Å². The van der Waals surface area contributed by atoms with Crippen molar-refractivity contribution in [2.75, 3.05) is 13.1 Å². The number of carbonyl (C=O) groups is 2. The van der Waals surface area contributed by atoms with E-state index in [9.17, 15) is 9.59 Å². The summed E-state index contributed by atoms with van der Waals surface area (Å²) in [5.74, 6) is -0.320. The Morgan fingerprint density at radius 1 is 1.08 bits per heavy atom. The van der Waals surface area contributed by atoms with E-state index in [4.69, 9.17) is 0 Å². The van der Waals surface area contributed by atoms with Gasteiger partial charge in [-0.2, -0.15) is 0 Å². The fourth-order valence-electron chi connectivity index (χ4n) is 2.98. The van der Waals surface area contributed by atoms with Crippen LogP contribution in [0.4, 0.5) is 0 Å². The Kier molecular flexibility index (Phi) is 6.73. The molecule has 1 aliphatic rings. The molecular formula is C20H23ClN2O2. The Balaban J connectivity index is 0.00000225. The summed E-state index contributed by atoms with van der Waals surface area (Å²) in [6.45, 7) is 3.57. The molecule has 1 heterocycles. The number of ketones is 1. The van der Waals surface area contributed by atoms with E-state index < -0.39 is 0 Å². The Morgan fingerprint density at radius 3 is 2.40 bits per heavy atom. The van der Waals surface area contributed by atoms with E-state index in [-0.39, 0.29) is 24.1 Å². The summed E-state index contributed by atoms with van der Waals surface area (Å²) in [5.41, 5.74) is 2.57. The van der Waals surface area contributed by atoms with Gasteiger partial charge in [-0.25, -0.2) is 0 Å². The number of hydrogen-bond donors (Lipinski definition) is 2. The molecule has 0 bridgehead atoms. The van der Waals surface area contributed by atoms with Crippen molar-refractivity contribution >= 4 is 24.1 Å². The Labute approximate surface area is 154 Å². The van der Waals surface area contributed by atoms with Crippen LogP contribution in [0, 0.1) is 6.92 Å². The highest BCUT2D eigenvalue weighted by atomic mass is 35.5. The molecule has 1 atom stereocenters. The summed E-state index contributed by atoms with van der Waals surface area (Å²) in [4.78, 5) is 25.3. The van der Waals surface area contributed by atoms with Gasteiger partial charge in [0.05, 0.1) is 5.56 Å². The number of benzene rings is 2. The third-order valence-corrected chi connectivity index (χ3v) is 4.40. The van der Waals surface area contributed by atoms with E-state index in [0.29, 0.717) is 29.3 Å².